The molecule has 10 heteroatoms. The number of nitrogens with zero attached hydrogens (tertiary/aromatic N) is 7. The largest absolute Gasteiger partial charge is 0.437 e. The highest BCUT2D eigenvalue weighted by molar-refractivity contribution is 5.95. The van der Waals surface area contributed by atoms with Crippen LogP contribution in [0, 0.1) is 0 Å². The summed E-state index contributed by atoms with van der Waals surface area (Å²) in [5.41, 5.74) is 2.26. The summed E-state index contributed by atoms with van der Waals surface area (Å²) in [5, 5.41) is 10.7. The van der Waals surface area contributed by atoms with Crippen LogP contribution in [0.4, 0.5) is 5.82 Å². The van der Waals surface area contributed by atoms with Crippen molar-refractivity contribution in [3.05, 3.63) is 48.2 Å². The van der Waals surface area contributed by atoms with E-state index in [-0.39, 0.29) is 18.0 Å². The highest BCUT2D eigenvalue weighted by atomic mass is 16.5. The van der Waals surface area contributed by atoms with Crippen LogP contribution in [-0.4, -0.2) is 76.3 Å². The van der Waals surface area contributed by atoms with Crippen molar-refractivity contribution in [1.29, 1.82) is 0 Å². The van der Waals surface area contributed by atoms with E-state index in [0.29, 0.717) is 31.0 Å². The Bertz CT molecular complexity index is 1190. The molecule has 0 radical (unpaired) electrons. The minimum Gasteiger partial charge on any atom is -0.437 e. The number of aromatic nitrogens is 4. The lowest BCUT2D eigenvalue weighted by Gasteiger charge is -2.28. The van der Waals surface area contributed by atoms with E-state index in [1.54, 1.807) is 22.7 Å². The lowest BCUT2D eigenvalue weighted by molar-refractivity contribution is 0.0592. The molecule has 0 amide bonds. The van der Waals surface area contributed by atoms with Crippen LogP contribution in [-0.2, 0) is 4.74 Å². The van der Waals surface area contributed by atoms with Gasteiger partial charge in [-0.15, -0.1) is 0 Å². The quantitative estimate of drug-likeness (QED) is 0.532. The molecule has 4 heterocycles. The van der Waals surface area contributed by atoms with Gasteiger partial charge in [0.05, 0.1) is 18.9 Å². The number of ether oxygens (including phenoxy) is 2. The second-order valence-electron chi connectivity index (χ2n) is 7.93. The molecule has 2 aromatic heterocycles. The van der Waals surface area contributed by atoms with Gasteiger partial charge in [0.15, 0.2) is 17.8 Å². The van der Waals surface area contributed by atoms with Gasteiger partial charge in [0.25, 0.3) is 0 Å². The lowest BCUT2D eigenvalue weighted by atomic mass is 10.1. The molecule has 10 nitrogen and oxygen atoms in total. The number of hydrogen-bond donors (Lipinski definition) is 0. The first-order valence-electron chi connectivity index (χ1n) is 10.9. The summed E-state index contributed by atoms with van der Waals surface area (Å²) < 4.78 is 13.2. The minimum atomic E-state index is -0.250. The van der Waals surface area contributed by atoms with E-state index in [9.17, 15) is 4.79 Å². The fourth-order valence-corrected chi connectivity index (χ4v) is 3.77. The van der Waals surface area contributed by atoms with Crippen LogP contribution in [0.3, 0.4) is 0 Å². The molecule has 5 rings (SSSR count). The SMILES string of the molecule is CC(=O)c1cccc(-c2ccn(-c3cc(N4CCOCC4)nc(OC4CC=NN4C)n3)n2)c1. The summed E-state index contributed by atoms with van der Waals surface area (Å²) >= 11 is 0. The fraction of sp³-hybridized carbons (Fsp3) is 0.348. The molecule has 1 atom stereocenters. The van der Waals surface area contributed by atoms with Crippen molar-refractivity contribution >= 4 is 17.8 Å². The van der Waals surface area contributed by atoms with Gasteiger partial charge < -0.3 is 14.4 Å². The Hall–Kier alpha value is -3.79. The van der Waals surface area contributed by atoms with Crippen molar-refractivity contribution in [2.24, 2.45) is 5.10 Å². The van der Waals surface area contributed by atoms with Gasteiger partial charge in [-0.2, -0.15) is 20.2 Å². The minimum absolute atomic E-state index is 0.0184. The Morgan fingerprint density at radius 1 is 1.12 bits per heavy atom. The van der Waals surface area contributed by atoms with Gasteiger partial charge in [-0.3, -0.25) is 9.80 Å². The first-order chi connectivity index (χ1) is 16.1. The zero-order valence-electron chi connectivity index (χ0n) is 18.6. The van der Waals surface area contributed by atoms with Gasteiger partial charge in [0.2, 0.25) is 0 Å². The Labute approximate surface area is 191 Å². The van der Waals surface area contributed by atoms with Crippen LogP contribution in [0.2, 0.25) is 0 Å². The van der Waals surface area contributed by atoms with Gasteiger partial charge in [0, 0.05) is 56.2 Å². The number of hydrogen-bond acceptors (Lipinski definition) is 9. The summed E-state index contributed by atoms with van der Waals surface area (Å²) in [7, 11) is 1.86. The molecule has 1 saturated heterocycles. The number of ketones is 1. The third-order valence-corrected chi connectivity index (χ3v) is 5.63. The Balaban J connectivity index is 1.48. The highest BCUT2D eigenvalue weighted by Crippen LogP contribution is 2.24. The van der Waals surface area contributed by atoms with Crippen LogP contribution in [0.5, 0.6) is 6.01 Å². The van der Waals surface area contributed by atoms with E-state index in [4.69, 9.17) is 14.6 Å². The number of Topliss-reactive ketones (excluding diaryl/α,β-unsaturated/α-hetero) is 1. The lowest BCUT2D eigenvalue weighted by Crippen LogP contribution is -2.37. The summed E-state index contributed by atoms with van der Waals surface area (Å²) in [6.45, 7) is 4.33. The monoisotopic (exact) mass is 447 g/mol. The van der Waals surface area contributed by atoms with Gasteiger partial charge in [0.1, 0.15) is 5.82 Å². The van der Waals surface area contributed by atoms with Crippen LogP contribution < -0.4 is 9.64 Å². The molecule has 1 fully saturated rings. The molecule has 170 valence electrons. The van der Waals surface area contributed by atoms with E-state index in [1.165, 1.54) is 0 Å². The summed E-state index contributed by atoms with van der Waals surface area (Å²) in [5.74, 6) is 1.37. The van der Waals surface area contributed by atoms with Gasteiger partial charge >= 0.3 is 6.01 Å². The van der Waals surface area contributed by atoms with Crippen molar-refractivity contribution in [3.8, 4) is 23.1 Å². The molecule has 0 aliphatic carbocycles. The second-order valence-corrected chi connectivity index (χ2v) is 7.93. The smallest absolute Gasteiger partial charge is 0.322 e. The number of carbonyl (C=O) groups is 1. The molecule has 33 heavy (non-hydrogen) atoms. The van der Waals surface area contributed by atoms with Crippen molar-refractivity contribution in [3.63, 3.8) is 0 Å². The Morgan fingerprint density at radius 2 is 1.94 bits per heavy atom. The van der Waals surface area contributed by atoms with Crippen molar-refractivity contribution < 1.29 is 14.3 Å². The standard InChI is InChI=1S/C23H25N7O3/c1-16(31)17-4-3-5-18(14-17)19-7-9-30(27-19)21-15-20(29-10-12-32-13-11-29)25-23(26-21)33-22-6-8-24-28(22)2/h3-5,7-9,14-15,22H,6,10-13H2,1-2H3. The van der Waals surface area contributed by atoms with Gasteiger partial charge in [-0.1, -0.05) is 18.2 Å². The molecule has 2 aliphatic rings. The molecule has 1 unspecified atom stereocenters. The topological polar surface area (TPSA) is 98.0 Å². The maximum Gasteiger partial charge on any atom is 0.322 e. The maximum absolute atomic E-state index is 11.8. The Kier molecular flexibility index (Phi) is 5.74. The van der Waals surface area contributed by atoms with E-state index in [0.717, 1.165) is 30.2 Å². The van der Waals surface area contributed by atoms with Crippen molar-refractivity contribution in [2.75, 3.05) is 38.3 Å². The van der Waals surface area contributed by atoms with Crippen LogP contribution in [0.25, 0.3) is 17.1 Å². The first-order valence-corrected chi connectivity index (χ1v) is 10.9. The first kappa shape index (κ1) is 21.1. The van der Waals surface area contributed by atoms with E-state index >= 15 is 0 Å². The average Bonchev–Trinajstić information content (AvgIpc) is 3.49. The van der Waals surface area contributed by atoms with E-state index in [2.05, 4.69) is 20.0 Å². The molecular weight excluding hydrogens is 422 g/mol. The third kappa shape index (κ3) is 4.56. The van der Waals surface area contributed by atoms with Crippen molar-refractivity contribution in [2.45, 2.75) is 19.6 Å². The predicted octanol–water partition coefficient (Wildman–Crippen LogP) is 2.39. The molecule has 0 spiro atoms. The highest BCUT2D eigenvalue weighted by Gasteiger charge is 2.22. The van der Waals surface area contributed by atoms with E-state index in [1.807, 2.05) is 49.8 Å². The van der Waals surface area contributed by atoms with Gasteiger partial charge in [-0.25, -0.2) is 4.68 Å². The summed E-state index contributed by atoms with van der Waals surface area (Å²) in [6, 6.07) is 11.5. The molecule has 0 N–H and O–H groups in total. The maximum atomic E-state index is 11.8. The molecular formula is C23H25N7O3. The Morgan fingerprint density at radius 3 is 2.70 bits per heavy atom. The number of anilines is 1. The molecule has 1 aromatic carbocycles. The van der Waals surface area contributed by atoms with E-state index < -0.39 is 0 Å². The molecule has 2 aliphatic heterocycles. The van der Waals surface area contributed by atoms with Crippen LogP contribution in [0.1, 0.15) is 23.7 Å². The summed E-state index contributed by atoms with van der Waals surface area (Å²) in [6.07, 6.45) is 4.07. The predicted molar refractivity (Wildman–Crippen MR) is 123 cm³/mol. The molecule has 0 bridgehead atoms. The normalized spacial score (nSPS) is 18.1. The zero-order valence-corrected chi connectivity index (χ0v) is 18.6. The van der Waals surface area contributed by atoms with Crippen molar-refractivity contribution in [1.82, 2.24) is 24.8 Å². The van der Waals surface area contributed by atoms with Crippen LogP contribution >= 0.6 is 0 Å². The van der Waals surface area contributed by atoms with Gasteiger partial charge in [-0.05, 0) is 19.1 Å². The number of carbonyl (C=O) groups excluding carboxylic acids is 1. The average molecular weight is 447 g/mol. The fourth-order valence-electron chi connectivity index (χ4n) is 3.77. The number of morpholine rings is 1. The number of rotatable bonds is 6. The number of hydrazone groups is 1. The van der Waals surface area contributed by atoms with Crippen LogP contribution in [0.15, 0.2) is 47.7 Å². The third-order valence-electron chi connectivity index (χ3n) is 5.63. The molecule has 3 aromatic rings. The molecule has 0 saturated carbocycles. The zero-order chi connectivity index (χ0) is 22.8. The second kappa shape index (κ2) is 8.99. The summed E-state index contributed by atoms with van der Waals surface area (Å²) in [4.78, 5) is 23.2. The number of benzene rings is 1.